The minimum absolute atomic E-state index is 0.129. The van der Waals surface area contributed by atoms with Gasteiger partial charge >= 0.3 is 6.18 Å². The molecule has 1 fully saturated rings. The summed E-state index contributed by atoms with van der Waals surface area (Å²) in [4.78, 5) is 3.78. The topological polar surface area (TPSA) is 56.4 Å². The Morgan fingerprint density at radius 1 is 1.50 bits per heavy atom. The molecule has 2 unspecified atom stereocenters. The third-order valence-corrected chi connectivity index (χ3v) is 3.26. The predicted octanol–water partition coefficient (Wildman–Crippen LogP) is 1.13. The van der Waals surface area contributed by atoms with Crippen LogP contribution < -0.4 is 5.73 Å². The quantitative estimate of drug-likeness (QED) is 0.579. The Morgan fingerprint density at radius 3 is 2.56 bits per heavy atom. The number of likely N-dealkylation sites (N-methyl/N-ethyl adjacent to an activating group) is 1. The summed E-state index contributed by atoms with van der Waals surface area (Å²) in [5.74, 6) is -2.64. The molecule has 0 spiro atoms. The van der Waals surface area contributed by atoms with Crippen molar-refractivity contribution < 1.29 is 13.2 Å². The minimum atomic E-state index is -4.43. The van der Waals surface area contributed by atoms with Gasteiger partial charge in [-0.1, -0.05) is 0 Å². The van der Waals surface area contributed by atoms with E-state index < -0.39 is 17.9 Å². The Balaban J connectivity index is 2.66. The Labute approximate surface area is 105 Å². The zero-order chi connectivity index (χ0) is 13.9. The van der Waals surface area contributed by atoms with Crippen LogP contribution in [0.15, 0.2) is 0 Å². The molecule has 2 atom stereocenters. The highest BCUT2D eigenvalue weighted by Crippen LogP contribution is 2.29. The number of hydrogen-bond donors (Lipinski definition) is 2. The van der Waals surface area contributed by atoms with Gasteiger partial charge < -0.3 is 10.6 Å². The van der Waals surface area contributed by atoms with Gasteiger partial charge in [0.25, 0.3) is 0 Å². The Morgan fingerprint density at radius 2 is 2.11 bits per heavy atom. The van der Waals surface area contributed by atoms with E-state index in [1.807, 2.05) is 19.0 Å². The number of alkyl halides is 3. The van der Waals surface area contributed by atoms with Crippen molar-refractivity contribution in [2.45, 2.75) is 25.1 Å². The second kappa shape index (κ2) is 5.88. The van der Waals surface area contributed by atoms with E-state index in [1.165, 1.54) is 0 Å². The van der Waals surface area contributed by atoms with E-state index in [2.05, 4.69) is 0 Å². The number of hydrogen-bond acceptors (Lipinski definition) is 3. The van der Waals surface area contributed by atoms with Gasteiger partial charge in [-0.15, -0.1) is 0 Å². The molecule has 0 aliphatic carbocycles. The normalized spacial score (nSPS) is 23.6. The van der Waals surface area contributed by atoms with E-state index >= 15 is 0 Å². The van der Waals surface area contributed by atoms with Gasteiger partial charge in [-0.05, 0) is 33.5 Å². The zero-order valence-corrected chi connectivity index (χ0v) is 10.8. The zero-order valence-electron chi connectivity index (χ0n) is 10.8. The van der Waals surface area contributed by atoms with Crippen molar-refractivity contribution in [3.63, 3.8) is 0 Å². The molecule has 1 saturated heterocycles. The lowest BCUT2D eigenvalue weighted by atomic mass is 10.1. The van der Waals surface area contributed by atoms with Crippen molar-refractivity contribution in [3.05, 3.63) is 0 Å². The summed E-state index contributed by atoms with van der Waals surface area (Å²) in [5, 5.41) is 7.10. The molecule has 1 heterocycles. The lowest BCUT2D eigenvalue weighted by Crippen LogP contribution is -2.47. The third-order valence-electron chi connectivity index (χ3n) is 3.26. The van der Waals surface area contributed by atoms with Gasteiger partial charge in [-0.3, -0.25) is 10.3 Å². The van der Waals surface area contributed by atoms with Crippen molar-refractivity contribution in [3.8, 4) is 0 Å². The van der Waals surface area contributed by atoms with Crippen LogP contribution in [0.3, 0.4) is 0 Å². The molecule has 0 radical (unpaired) electrons. The molecule has 18 heavy (non-hydrogen) atoms. The summed E-state index contributed by atoms with van der Waals surface area (Å²) >= 11 is 0. The smallest absolute Gasteiger partial charge is 0.387 e. The molecule has 3 N–H and O–H groups in total. The number of halogens is 3. The molecule has 0 aromatic rings. The second-order valence-corrected chi connectivity index (χ2v) is 5.10. The Bertz CT molecular complexity index is 291. The highest BCUT2D eigenvalue weighted by molar-refractivity contribution is 5.80. The van der Waals surface area contributed by atoms with Crippen LogP contribution in [0.2, 0.25) is 0 Å². The molecule has 1 aliphatic heterocycles. The van der Waals surface area contributed by atoms with E-state index in [-0.39, 0.29) is 12.6 Å². The van der Waals surface area contributed by atoms with E-state index in [0.717, 1.165) is 19.4 Å². The average Bonchev–Trinajstić information content (AvgIpc) is 2.58. The molecule has 1 aliphatic rings. The van der Waals surface area contributed by atoms with Crippen LogP contribution in [0.5, 0.6) is 0 Å². The number of likely N-dealkylation sites (tertiary alicyclic amines) is 1. The molecule has 0 aromatic heterocycles. The van der Waals surface area contributed by atoms with E-state index in [1.54, 1.807) is 4.90 Å². The van der Waals surface area contributed by atoms with Crippen molar-refractivity contribution in [2.75, 3.05) is 33.7 Å². The van der Waals surface area contributed by atoms with Crippen LogP contribution in [0.4, 0.5) is 13.2 Å². The molecule has 106 valence electrons. The van der Waals surface area contributed by atoms with Gasteiger partial charge in [0.15, 0.2) is 0 Å². The van der Waals surface area contributed by atoms with Gasteiger partial charge in [-0.2, -0.15) is 13.2 Å². The summed E-state index contributed by atoms with van der Waals surface area (Å²) in [7, 11) is 3.81. The first-order valence-electron chi connectivity index (χ1n) is 6.01. The lowest BCUT2D eigenvalue weighted by Gasteiger charge is -2.30. The van der Waals surface area contributed by atoms with Crippen molar-refractivity contribution in [2.24, 2.45) is 11.7 Å². The van der Waals surface area contributed by atoms with Gasteiger partial charge in [0, 0.05) is 19.1 Å². The van der Waals surface area contributed by atoms with E-state index in [4.69, 9.17) is 11.1 Å². The summed E-state index contributed by atoms with van der Waals surface area (Å²) in [6.07, 6.45) is -2.63. The van der Waals surface area contributed by atoms with Crippen LogP contribution >= 0.6 is 0 Å². The van der Waals surface area contributed by atoms with Crippen LogP contribution in [-0.4, -0.2) is 61.6 Å². The van der Waals surface area contributed by atoms with Crippen LogP contribution in [0.25, 0.3) is 0 Å². The highest BCUT2D eigenvalue weighted by Gasteiger charge is 2.44. The maximum atomic E-state index is 12.8. The fourth-order valence-corrected chi connectivity index (χ4v) is 2.38. The molecule has 0 saturated carbocycles. The Hall–Kier alpha value is -0.820. The second-order valence-electron chi connectivity index (χ2n) is 5.10. The monoisotopic (exact) mass is 266 g/mol. The lowest BCUT2D eigenvalue weighted by molar-refractivity contribution is -0.160. The number of nitrogens with zero attached hydrogens (tertiary/aromatic N) is 2. The highest BCUT2D eigenvalue weighted by atomic mass is 19.4. The largest absolute Gasteiger partial charge is 0.399 e. The third kappa shape index (κ3) is 4.13. The molecule has 7 heteroatoms. The van der Waals surface area contributed by atoms with Crippen molar-refractivity contribution >= 4 is 5.84 Å². The SMILES string of the molecule is CN(C)CC1CCCN1CC(C(=N)N)C(F)(F)F. The van der Waals surface area contributed by atoms with Crippen LogP contribution in [0, 0.1) is 11.3 Å². The van der Waals surface area contributed by atoms with Crippen LogP contribution in [-0.2, 0) is 0 Å². The molecule has 0 aromatic carbocycles. The molecule has 1 rings (SSSR count). The number of rotatable bonds is 5. The number of nitrogens with one attached hydrogen (secondary N) is 1. The van der Waals surface area contributed by atoms with Gasteiger partial charge in [0.2, 0.25) is 0 Å². The fraction of sp³-hybridized carbons (Fsp3) is 0.909. The van der Waals surface area contributed by atoms with E-state index in [0.29, 0.717) is 6.54 Å². The first kappa shape index (κ1) is 15.2. The molecule has 0 amide bonds. The van der Waals surface area contributed by atoms with Crippen molar-refractivity contribution in [1.29, 1.82) is 5.41 Å². The van der Waals surface area contributed by atoms with Gasteiger partial charge in [0.05, 0.1) is 0 Å². The standard InChI is InChI=1S/C11H21F3N4/c1-17(2)6-8-4-3-5-18(8)7-9(10(15)16)11(12,13)14/h8-9H,3-7H2,1-2H3,(H3,15,16). The molecule has 0 bridgehead atoms. The first-order valence-corrected chi connectivity index (χ1v) is 6.01. The predicted molar refractivity (Wildman–Crippen MR) is 64.6 cm³/mol. The minimum Gasteiger partial charge on any atom is -0.387 e. The summed E-state index contributed by atoms with van der Waals surface area (Å²) in [6, 6.07) is 0.129. The Kier molecular flexibility index (Phi) is 4.98. The number of nitrogens with two attached hydrogens (primary N) is 1. The number of amidine groups is 1. The van der Waals surface area contributed by atoms with Crippen molar-refractivity contribution in [1.82, 2.24) is 9.80 Å². The summed E-state index contributed by atoms with van der Waals surface area (Å²) in [5.41, 5.74) is 5.07. The molecular weight excluding hydrogens is 245 g/mol. The molecular formula is C11H21F3N4. The molecule has 4 nitrogen and oxygen atoms in total. The van der Waals surface area contributed by atoms with Gasteiger partial charge in [-0.25, -0.2) is 0 Å². The van der Waals surface area contributed by atoms with E-state index in [9.17, 15) is 13.2 Å². The average molecular weight is 266 g/mol. The maximum Gasteiger partial charge on any atom is 0.399 e. The van der Waals surface area contributed by atoms with Gasteiger partial charge in [0.1, 0.15) is 11.8 Å². The fourth-order valence-electron chi connectivity index (χ4n) is 2.38. The maximum absolute atomic E-state index is 12.8. The van der Waals surface area contributed by atoms with Crippen LogP contribution in [0.1, 0.15) is 12.8 Å². The first-order chi connectivity index (χ1) is 8.21. The summed E-state index contributed by atoms with van der Waals surface area (Å²) in [6.45, 7) is 1.19. The summed E-state index contributed by atoms with van der Waals surface area (Å²) < 4.78 is 38.3.